The third-order valence-electron chi connectivity index (χ3n) is 6.97. The summed E-state index contributed by atoms with van der Waals surface area (Å²) in [5, 5.41) is 6.42. The number of unbranched alkanes of at least 4 members (excludes halogenated alkanes) is 4. The second-order valence-electron chi connectivity index (χ2n) is 9.71. The Morgan fingerprint density at radius 1 is 0.795 bits per heavy atom. The van der Waals surface area contributed by atoms with E-state index in [1.165, 1.54) is 0 Å². The highest BCUT2D eigenvalue weighted by Crippen LogP contribution is 2.41. The fraction of sp³-hybridized carbons (Fsp3) is 0.344. The Balaban J connectivity index is 1.59. The van der Waals surface area contributed by atoms with Crippen LogP contribution in [-0.4, -0.2) is 24.6 Å². The summed E-state index contributed by atoms with van der Waals surface area (Å²) in [5.41, 5.74) is 1.43. The number of esters is 1. The molecule has 0 radical (unpaired) electrons. The first-order valence-electron chi connectivity index (χ1n) is 13.8. The summed E-state index contributed by atoms with van der Waals surface area (Å²) in [5.74, 6) is 0.424. The molecule has 0 saturated carbocycles. The van der Waals surface area contributed by atoms with Gasteiger partial charge in [0.15, 0.2) is 0 Å². The van der Waals surface area contributed by atoms with Crippen molar-refractivity contribution in [3.63, 3.8) is 0 Å². The van der Waals surface area contributed by atoms with Crippen molar-refractivity contribution in [2.75, 3.05) is 12.5 Å². The third-order valence-corrected chi connectivity index (χ3v) is 8.40. The molecule has 0 N–H and O–H groups in total. The molecule has 1 heterocycles. The van der Waals surface area contributed by atoms with E-state index in [0.717, 1.165) is 70.8 Å². The first-order valence-corrected chi connectivity index (χ1v) is 15.4. The molecular weight excluding hydrogens is 531 g/mol. The van der Waals surface area contributed by atoms with Crippen LogP contribution in [0, 0.1) is 0 Å². The minimum atomic E-state index is -1.82. The number of fused-ring (bicyclic) bond motifs is 7. The zero-order valence-corrected chi connectivity index (χ0v) is 23.9. The molecule has 0 saturated heterocycles. The van der Waals surface area contributed by atoms with E-state index in [1.54, 1.807) is 0 Å². The van der Waals surface area contributed by atoms with Crippen molar-refractivity contribution in [2.45, 2.75) is 58.0 Å². The van der Waals surface area contributed by atoms with E-state index in [2.05, 4.69) is 36.4 Å². The van der Waals surface area contributed by atoms with Gasteiger partial charge < -0.3 is 13.1 Å². The average Bonchev–Trinajstić information content (AvgIpc) is 3.11. The Labute approximate surface area is 234 Å². The number of halogens is 1. The van der Waals surface area contributed by atoms with Crippen LogP contribution in [0.1, 0.15) is 51.9 Å². The molecule has 5 aromatic rings. The maximum absolute atomic E-state index is 12.4. The highest BCUT2D eigenvalue weighted by atomic mass is 35.5. The topological polar surface area (TPSA) is 61.8 Å². The van der Waals surface area contributed by atoms with E-state index >= 15 is 0 Å². The zero-order chi connectivity index (χ0) is 27.0. The second-order valence-corrected chi connectivity index (χ2v) is 11.1. The van der Waals surface area contributed by atoms with Crippen molar-refractivity contribution < 1.29 is 22.4 Å². The fourth-order valence-electron chi connectivity index (χ4n) is 5.11. The molecule has 1 atom stereocenters. The molecule has 0 spiro atoms. The van der Waals surface area contributed by atoms with Gasteiger partial charge in [-0.25, -0.2) is 0 Å². The average molecular weight is 565 g/mol. The van der Waals surface area contributed by atoms with Gasteiger partial charge in [-0.1, -0.05) is 86.3 Å². The predicted molar refractivity (Wildman–Crippen MR) is 161 cm³/mol. The molecule has 0 aliphatic rings. The van der Waals surface area contributed by atoms with Gasteiger partial charge in [0.1, 0.15) is 11.2 Å². The van der Waals surface area contributed by atoms with Crippen molar-refractivity contribution in [1.29, 1.82) is 0 Å². The summed E-state index contributed by atoms with van der Waals surface area (Å²) < 4.78 is 24.7. The van der Waals surface area contributed by atoms with Crippen LogP contribution >= 0.6 is 19.8 Å². The highest BCUT2D eigenvalue weighted by molar-refractivity contribution is 7.31. The molecule has 1 unspecified atom stereocenters. The van der Waals surface area contributed by atoms with Gasteiger partial charge in [-0.15, -0.1) is 11.6 Å². The van der Waals surface area contributed by atoms with Gasteiger partial charge in [0.2, 0.25) is 0 Å². The molecule has 0 bridgehead atoms. The van der Waals surface area contributed by atoms with Crippen molar-refractivity contribution in [3.8, 4) is 0 Å². The lowest BCUT2D eigenvalue weighted by atomic mass is 9.99. The number of hydrogen-bond acceptors (Lipinski definition) is 5. The number of benzene rings is 4. The standard InChI is InChI=1S/C32H34ClO5P/c1-2-35-30(34)22-25(14-6-4-3-5-11-21-33)36-39-37-28-19-17-23-12-7-9-15-26(23)31(28)32-27-16-10-8-13-24(27)18-20-29(32)38-39/h7-10,12-13,15-20,25H,2-6,11,14,21-22H2,1H3. The quantitative estimate of drug-likeness (QED) is 0.0857. The molecule has 7 heteroatoms. The number of ether oxygens (including phenoxy) is 1. The van der Waals surface area contributed by atoms with Gasteiger partial charge in [-0.2, -0.15) is 0 Å². The van der Waals surface area contributed by atoms with Crippen molar-refractivity contribution >= 4 is 69.3 Å². The van der Waals surface area contributed by atoms with E-state index in [1.807, 2.05) is 43.3 Å². The van der Waals surface area contributed by atoms with Crippen molar-refractivity contribution in [2.24, 2.45) is 0 Å². The molecule has 4 aromatic carbocycles. The van der Waals surface area contributed by atoms with Gasteiger partial charge >= 0.3 is 14.2 Å². The van der Waals surface area contributed by atoms with Gasteiger partial charge in [0.25, 0.3) is 0 Å². The monoisotopic (exact) mass is 564 g/mol. The number of carbonyl (C=O) groups excluding carboxylic acids is 1. The van der Waals surface area contributed by atoms with Gasteiger partial charge in [0.05, 0.1) is 19.1 Å². The molecule has 0 fully saturated rings. The highest BCUT2D eigenvalue weighted by Gasteiger charge is 2.20. The lowest BCUT2D eigenvalue weighted by molar-refractivity contribution is -0.144. The maximum atomic E-state index is 12.4. The summed E-state index contributed by atoms with van der Waals surface area (Å²) in [6.07, 6.45) is 5.77. The van der Waals surface area contributed by atoms with Crippen LogP contribution in [0.4, 0.5) is 0 Å². The van der Waals surface area contributed by atoms with E-state index in [4.69, 9.17) is 29.3 Å². The van der Waals surface area contributed by atoms with E-state index in [9.17, 15) is 4.79 Å². The third kappa shape index (κ3) is 6.61. The minimum absolute atomic E-state index is 0.163. The molecule has 0 amide bonds. The lowest BCUT2D eigenvalue weighted by Crippen LogP contribution is -2.21. The number of carbonyl (C=O) groups is 1. The van der Waals surface area contributed by atoms with Crippen LogP contribution in [0.2, 0.25) is 0 Å². The van der Waals surface area contributed by atoms with Crippen molar-refractivity contribution in [1.82, 2.24) is 0 Å². The summed E-state index contributed by atoms with van der Waals surface area (Å²) in [7, 11) is -1.82. The summed E-state index contributed by atoms with van der Waals surface area (Å²) in [6, 6.07) is 24.7. The van der Waals surface area contributed by atoms with Crippen LogP contribution in [-0.2, 0) is 9.53 Å². The molecule has 204 valence electrons. The molecule has 5 rings (SSSR count). The van der Waals surface area contributed by atoms with Crippen LogP contribution in [0.25, 0.3) is 43.5 Å². The summed E-state index contributed by atoms with van der Waals surface area (Å²) in [6.45, 7) is 2.15. The summed E-state index contributed by atoms with van der Waals surface area (Å²) >= 11 is 5.81. The lowest BCUT2D eigenvalue weighted by Gasteiger charge is -2.14. The van der Waals surface area contributed by atoms with Gasteiger partial charge in [-0.05, 0) is 53.4 Å². The van der Waals surface area contributed by atoms with Gasteiger partial charge in [-0.3, -0.25) is 9.32 Å². The predicted octanol–water partition coefficient (Wildman–Crippen LogP) is 9.93. The number of rotatable bonds is 12. The molecule has 5 nitrogen and oxygen atoms in total. The van der Waals surface area contributed by atoms with E-state index in [0.29, 0.717) is 23.7 Å². The number of alkyl halides is 1. The van der Waals surface area contributed by atoms with Crippen LogP contribution < -0.4 is 4.52 Å². The first-order chi connectivity index (χ1) is 19.2. The fourth-order valence-corrected chi connectivity index (χ4v) is 6.47. The summed E-state index contributed by atoms with van der Waals surface area (Å²) in [4.78, 5) is 12.4. The molecule has 0 aliphatic heterocycles. The molecule has 0 aliphatic carbocycles. The smallest absolute Gasteiger partial charge is 0.387 e. The van der Waals surface area contributed by atoms with Crippen molar-refractivity contribution in [3.05, 3.63) is 72.8 Å². The van der Waals surface area contributed by atoms with Gasteiger partial charge in [0, 0.05) is 16.7 Å². The van der Waals surface area contributed by atoms with Crippen LogP contribution in [0.5, 0.6) is 0 Å². The number of hydrogen-bond donors (Lipinski definition) is 0. The Hall–Kier alpha value is -2.98. The Bertz CT molecular complexity index is 1510. The SMILES string of the molecule is CCOC(=O)CC(CCCCCCCCl)Op1oc2ccc3ccccc3c2c2c(ccc3ccccc32)o1. The first kappa shape index (κ1) is 27.6. The largest absolute Gasteiger partial charge is 0.466 e. The van der Waals surface area contributed by atoms with Crippen LogP contribution in [0.3, 0.4) is 0 Å². The second kappa shape index (κ2) is 13.4. The van der Waals surface area contributed by atoms with Crippen LogP contribution in [0.15, 0.2) is 81.2 Å². The maximum Gasteiger partial charge on any atom is 0.387 e. The Morgan fingerprint density at radius 3 is 1.95 bits per heavy atom. The molecule has 39 heavy (non-hydrogen) atoms. The zero-order valence-electron chi connectivity index (χ0n) is 22.2. The van der Waals surface area contributed by atoms with E-state index < -0.39 is 8.24 Å². The molecular formula is C32H34ClO5P. The molecule has 1 aromatic heterocycles. The Morgan fingerprint density at radius 2 is 1.36 bits per heavy atom. The normalized spacial score (nSPS) is 12.4. The Kier molecular flexibility index (Phi) is 9.47. The minimum Gasteiger partial charge on any atom is -0.466 e. The van der Waals surface area contributed by atoms with E-state index in [-0.39, 0.29) is 18.5 Å².